The van der Waals surface area contributed by atoms with E-state index in [0.29, 0.717) is 10.8 Å². The Morgan fingerprint density at radius 1 is 1.22 bits per heavy atom. The van der Waals surface area contributed by atoms with Crippen LogP contribution in [0.1, 0.15) is 6.92 Å². The van der Waals surface area contributed by atoms with Gasteiger partial charge in [0.05, 0.1) is 0 Å². The number of carbonyl (C=O) groups is 1. The predicted octanol–water partition coefficient (Wildman–Crippen LogP) is 2.73. The van der Waals surface area contributed by atoms with Crippen molar-refractivity contribution >= 4 is 16.7 Å². The second-order valence-corrected chi connectivity index (χ2v) is 3.96. The Bertz CT molecular complexity index is 644. The van der Waals surface area contributed by atoms with Crippen LogP contribution in [-0.4, -0.2) is 16.2 Å². The van der Waals surface area contributed by atoms with E-state index in [1.807, 2.05) is 0 Å². The topological polar surface area (TPSA) is 66.8 Å². The molecule has 2 rings (SSSR count). The fourth-order valence-electron chi connectivity index (χ4n) is 1.58. The van der Waals surface area contributed by atoms with Crippen molar-refractivity contribution in [2.75, 3.05) is 0 Å². The van der Waals surface area contributed by atoms with Gasteiger partial charge in [0.2, 0.25) is 0 Å². The molecule has 0 aliphatic heterocycles. The lowest BCUT2D eigenvalue weighted by molar-refractivity contribution is -0.130. The zero-order valence-corrected chi connectivity index (χ0v) is 9.80. The Hall–Kier alpha value is -2.49. The monoisotopic (exact) mass is 244 g/mol. The third-order valence-electron chi connectivity index (χ3n) is 2.51. The number of hydrogen-bond donors (Lipinski definition) is 2. The maximum atomic E-state index is 11.4. The highest BCUT2D eigenvalue weighted by Crippen LogP contribution is 2.40. The molecule has 0 bridgehead atoms. The first-order chi connectivity index (χ1) is 8.50. The van der Waals surface area contributed by atoms with E-state index < -0.39 is 5.97 Å². The second-order valence-electron chi connectivity index (χ2n) is 3.96. The lowest BCUT2D eigenvalue weighted by atomic mass is 10.1. The molecule has 18 heavy (non-hydrogen) atoms. The van der Waals surface area contributed by atoms with Crippen molar-refractivity contribution in [2.45, 2.75) is 6.92 Å². The molecular formula is C14H12O4. The average molecular weight is 244 g/mol. The Balaban J connectivity index is 2.56. The minimum atomic E-state index is -0.653. The molecule has 92 valence electrons. The Morgan fingerprint density at radius 3 is 2.44 bits per heavy atom. The van der Waals surface area contributed by atoms with Gasteiger partial charge >= 0.3 is 5.97 Å². The molecular weight excluding hydrogens is 232 g/mol. The number of benzene rings is 2. The van der Waals surface area contributed by atoms with Gasteiger partial charge in [-0.25, -0.2) is 4.79 Å². The number of esters is 1. The number of carbonyl (C=O) groups excluding carboxylic acids is 1. The molecule has 0 amide bonds. The first kappa shape index (κ1) is 12.0. The van der Waals surface area contributed by atoms with E-state index in [1.54, 1.807) is 24.3 Å². The molecule has 0 spiro atoms. The van der Waals surface area contributed by atoms with E-state index in [2.05, 4.69) is 6.58 Å². The zero-order valence-electron chi connectivity index (χ0n) is 9.80. The zero-order chi connectivity index (χ0) is 13.3. The van der Waals surface area contributed by atoms with Gasteiger partial charge in [-0.15, -0.1) is 0 Å². The molecule has 0 saturated carbocycles. The minimum absolute atomic E-state index is 0.0621. The molecule has 2 aromatic carbocycles. The summed E-state index contributed by atoms with van der Waals surface area (Å²) in [6.07, 6.45) is 0. The highest BCUT2D eigenvalue weighted by molar-refractivity contribution is 5.97. The van der Waals surface area contributed by atoms with E-state index in [0.717, 1.165) is 0 Å². The number of aromatic hydroxyl groups is 2. The summed E-state index contributed by atoms with van der Waals surface area (Å²) < 4.78 is 4.95. The van der Waals surface area contributed by atoms with E-state index >= 15 is 0 Å². The first-order valence-corrected chi connectivity index (χ1v) is 5.32. The highest BCUT2D eigenvalue weighted by Gasteiger charge is 2.15. The van der Waals surface area contributed by atoms with Crippen molar-refractivity contribution in [3.8, 4) is 17.2 Å². The van der Waals surface area contributed by atoms with E-state index in [4.69, 9.17) is 4.74 Å². The van der Waals surface area contributed by atoms with Gasteiger partial charge in [0.1, 0.15) is 5.75 Å². The summed E-state index contributed by atoms with van der Waals surface area (Å²) in [6, 6.07) is 7.95. The number of phenols is 2. The van der Waals surface area contributed by atoms with Crippen molar-refractivity contribution in [1.82, 2.24) is 0 Å². The summed E-state index contributed by atoms with van der Waals surface area (Å²) in [4.78, 5) is 11.4. The molecule has 0 radical (unpaired) electrons. The number of ether oxygens (including phenoxy) is 1. The standard InChI is InChI=1S/C14H12O4/c1-8(2)14(17)18-12-7-11(15)9-5-3-4-6-10(9)13(12)16/h3-7,15-16H,1H2,2H3. The number of phenolic OH excluding ortho intramolecular Hbond substituents is 2. The van der Waals surface area contributed by atoms with E-state index in [9.17, 15) is 15.0 Å². The third kappa shape index (κ3) is 2.00. The number of hydrogen-bond acceptors (Lipinski definition) is 4. The normalized spacial score (nSPS) is 10.3. The molecule has 0 saturated heterocycles. The fraction of sp³-hybridized carbons (Fsp3) is 0.0714. The summed E-state index contributed by atoms with van der Waals surface area (Å²) >= 11 is 0. The summed E-state index contributed by atoms with van der Waals surface area (Å²) in [5.74, 6) is -0.981. The minimum Gasteiger partial charge on any atom is -0.507 e. The molecule has 0 unspecified atom stereocenters. The van der Waals surface area contributed by atoms with Gasteiger partial charge in [0.25, 0.3) is 0 Å². The van der Waals surface area contributed by atoms with Crippen LogP contribution < -0.4 is 4.74 Å². The molecule has 4 nitrogen and oxygen atoms in total. The first-order valence-electron chi connectivity index (χ1n) is 5.32. The summed E-state index contributed by atoms with van der Waals surface area (Å²) in [5.41, 5.74) is 0.210. The molecule has 2 aromatic rings. The van der Waals surface area contributed by atoms with Crippen molar-refractivity contribution in [1.29, 1.82) is 0 Å². The average Bonchev–Trinajstić information content (AvgIpc) is 2.35. The van der Waals surface area contributed by atoms with Crippen LogP contribution in [0.15, 0.2) is 42.5 Å². The van der Waals surface area contributed by atoms with Crippen LogP contribution >= 0.6 is 0 Å². The number of rotatable bonds is 2. The van der Waals surface area contributed by atoms with Gasteiger partial charge in [-0.2, -0.15) is 0 Å². The van der Waals surface area contributed by atoms with Gasteiger partial charge in [-0.3, -0.25) is 0 Å². The van der Waals surface area contributed by atoms with Gasteiger partial charge in [0.15, 0.2) is 11.5 Å². The molecule has 0 atom stereocenters. The van der Waals surface area contributed by atoms with E-state index in [1.165, 1.54) is 13.0 Å². The smallest absolute Gasteiger partial charge is 0.338 e. The molecule has 0 aliphatic rings. The molecule has 0 fully saturated rings. The number of fused-ring (bicyclic) bond motifs is 1. The van der Waals surface area contributed by atoms with Gasteiger partial charge < -0.3 is 14.9 Å². The van der Waals surface area contributed by atoms with E-state index in [-0.39, 0.29) is 22.8 Å². The maximum Gasteiger partial charge on any atom is 0.338 e. The van der Waals surface area contributed by atoms with Crippen LogP contribution in [0, 0.1) is 0 Å². The second kappa shape index (κ2) is 4.41. The molecule has 0 aromatic heterocycles. The van der Waals surface area contributed by atoms with Crippen molar-refractivity contribution < 1.29 is 19.7 Å². The van der Waals surface area contributed by atoms with Gasteiger partial charge in [-0.1, -0.05) is 30.8 Å². The lowest BCUT2D eigenvalue weighted by Gasteiger charge is -2.10. The molecule has 2 N–H and O–H groups in total. The van der Waals surface area contributed by atoms with Crippen LogP contribution in [0.25, 0.3) is 10.8 Å². The van der Waals surface area contributed by atoms with Crippen LogP contribution in [0.5, 0.6) is 17.2 Å². The Labute approximate surface area is 104 Å². The fourth-order valence-corrected chi connectivity index (χ4v) is 1.58. The maximum absolute atomic E-state index is 11.4. The lowest BCUT2D eigenvalue weighted by Crippen LogP contribution is -2.08. The van der Waals surface area contributed by atoms with Crippen molar-refractivity contribution in [3.63, 3.8) is 0 Å². The van der Waals surface area contributed by atoms with Gasteiger partial charge in [-0.05, 0) is 6.92 Å². The van der Waals surface area contributed by atoms with Crippen LogP contribution in [0.2, 0.25) is 0 Å². The van der Waals surface area contributed by atoms with Crippen molar-refractivity contribution in [2.24, 2.45) is 0 Å². The SMILES string of the molecule is C=C(C)C(=O)Oc1cc(O)c2ccccc2c1O. The Kier molecular flexibility index (Phi) is 2.93. The van der Waals surface area contributed by atoms with Crippen LogP contribution in [0.3, 0.4) is 0 Å². The van der Waals surface area contributed by atoms with Crippen molar-refractivity contribution in [3.05, 3.63) is 42.5 Å². The summed E-state index contributed by atoms with van der Waals surface area (Å²) in [7, 11) is 0. The molecule has 0 aliphatic carbocycles. The summed E-state index contributed by atoms with van der Waals surface area (Å²) in [6.45, 7) is 4.95. The third-order valence-corrected chi connectivity index (χ3v) is 2.51. The predicted molar refractivity (Wildman–Crippen MR) is 67.7 cm³/mol. The van der Waals surface area contributed by atoms with Crippen LogP contribution in [-0.2, 0) is 4.79 Å². The quantitative estimate of drug-likeness (QED) is 0.369. The summed E-state index contributed by atoms with van der Waals surface area (Å²) in [5, 5.41) is 20.7. The largest absolute Gasteiger partial charge is 0.507 e. The van der Waals surface area contributed by atoms with Crippen LogP contribution in [0.4, 0.5) is 0 Å². The Morgan fingerprint density at radius 2 is 1.83 bits per heavy atom. The van der Waals surface area contributed by atoms with Gasteiger partial charge in [0, 0.05) is 22.4 Å². The highest BCUT2D eigenvalue weighted by atomic mass is 16.5. The molecule has 0 heterocycles. The molecule has 4 heteroatoms.